The van der Waals surface area contributed by atoms with E-state index in [4.69, 9.17) is 15.1 Å². The number of aromatic nitrogens is 2. The Morgan fingerprint density at radius 2 is 2.27 bits per heavy atom. The van der Waals surface area contributed by atoms with Crippen LogP contribution in [-0.2, 0) is 10.2 Å². The number of aliphatic imine (C=N–C) groups is 1. The summed E-state index contributed by atoms with van der Waals surface area (Å²) in [7, 11) is -3.87. The summed E-state index contributed by atoms with van der Waals surface area (Å²) in [6, 6.07) is 5.10. The zero-order valence-electron chi connectivity index (χ0n) is 12.9. The molecule has 2 aromatic rings. The van der Waals surface area contributed by atoms with Gasteiger partial charge in [0.1, 0.15) is 18.5 Å². The third-order valence-electron chi connectivity index (χ3n) is 2.74. The molecule has 0 fully saturated rings. The Kier molecular flexibility index (Phi) is 6.14. The summed E-state index contributed by atoms with van der Waals surface area (Å²) >= 11 is 0. The molecule has 1 aromatic heterocycles. The third kappa shape index (κ3) is 5.19. The summed E-state index contributed by atoms with van der Waals surface area (Å²) in [6.45, 7) is -0.334. The highest BCUT2D eigenvalue weighted by Crippen LogP contribution is 2.20. The van der Waals surface area contributed by atoms with Gasteiger partial charge in [-0.15, -0.1) is 0 Å². The van der Waals surface area contributed by atoms with Crippen molar-refractivity contribution in [3.05, 3.63) is 35.3 Å². The number of hydroxylamine groups is 1. The standard InChI is InChI=1S/C12H12FN7O5S/c13-9-2-1-8(5-7(9)6-14)17-11(18-21)10-12(20-25-19-10)24-4-3-16-26(15,22)23/h1-2,5,16,21H,3-4H2,(H,17,18)(H2,15,22,23). The van der Waals surface area contributed by atoms with E-state index in [0.29, 0.717) is 0 Å². The highest BCUT2D eigenvalue weighted by molar-refractivity contribution is 7.87. The number of nitrogens with two attached hydrogens (primary N) is 1. The summed E-state index contributed by atoms with van der Waals surface area (Å²) in [5.41, 5.74) is 1.50. The molecule has 0 radical (unpaired) electrons. The molecule has 5 N–H and O–H groups in total. The van der Waals surface area contributed by atoms with E-state index >= 15 is 0 Å². The Hall–Kier alpha value is -3.12. The summed E-state index contributed by atoms with van der Waals surface area (Å²) in [5.74, 6) is -1.19. The van der Waals surface area contributed by atoms with Crippen molar-refractivity contribution in [3.8, 4) is 11.9 Å². The van der Waals surface area contributed by atoms with Gasteiger partial charge in [-0.05, 0) is 28.5 Å². The lowest BCUT2D eigenvalue weighted by Gasteiger charge is -2.06. The highest BCUT2D eigenvalue weighted by Gasteiger charge is 2.18. The first-order chi connectivity index (χ1) is 12.3. The van der Waals surface area contributed by atoms with Gasteiger partial charge in [0.05, 0.1) is 11.3 Å². The number of nitriles is 1. The van der Waals surface area contributed by atoms with Gasteiger partial charge in [-0.3, -0.25) is 10.7 Å². The van der Waals surface area contributed by atoms with Crippen molar-refractivity contribution >= 4 is 21.7 Å². The maximum absolute atomic E-state index is 13.3. The minimum atomic E-state index is -3.87. The van der Waals surface area contributed by atoms with E-state index in [2.05, 4.69) is 19.9 Å². The van der Waals surface area contributed by atoms with Crippen LogP contribution in [0.15, 0.2) is 27.8 Å². The molecular formula is C12H12FN7O5S. The van der Waals surface area contributed by atoms with Crippen molar-refractivity contribution in [3.63, 3.8) is 0 Å². The van der Waals surface area contributed by atoms with Crippen LogP contribution in [0.1, 0.15) is 11.3 Å². The molecule has 2 rings (SSSR count). The van der Waals surface area contributed by atoms with E-state index in [-0.39, 0.29) is 41.8 Å². The number of hydrogen-bond donors (Lipinski definition) is 4. The second-order valence-corrected chi connectivity index (χ2v) is 5.93. The third-order valence-corrected chi connectivity index (χ3v) is 3.35. The van der Waals surface area contributed by atoms with Crippen LogP contribution in [0.3, 0.4) is 0 Å². The maximum atomic E-state index is 13.3. The van der Waals surface area contributed by atoms with Gasteiger partial charge in [-0.25, -0.2) is 19.2 Å². The van der Waals surface area contributed by atoms with Crippen molar-refractivity contribution in [1.82, 2.24) is 20.5 Å². The fraction of sp³-hybridized carbons (Fsp3) is 0.167. The van der Waals surface area contributed by atoms with Gasteiger partial charge < -0.3 is 4.74 Å². The lowest BCUT2D eigenvalue weighted by Crippen LogP contribution is -2.34. The second-order valence-electron chi connectivity index (χ2n) is 4.55. The zero-order valence-corrected chi connectivity index (χ0v) is 13.7. The van der Waals surface area contributed by atoms with Crippen LogP contribution in [0, 0.1) is 17.1 Å². The largest absolute Gasteiger partial charge is 0.472 e. The van der Waals surface area contributed by atoms with Gasteiger partial charge in [0.15, 0.2) is 5.84 Å². The summed E-state index contributed by atoms with van der Waals surface area (Å²) in [4.78, 5) is 3.96. The molecule has 0 saturated carbocycles. The van der Waals surface area contributed by atoms with Crippen molar-refractivity contribution in [2.75, 3.05) is 13.2 Å². The number of ether oxygens (including phenoxy) is 1. The van der Waals surface area contributed by atoms with E-state index in [1.165, 1.54) is 6.07 Å². The molecule has 1 aromatic carbocycles. The quantitative estimate of drug-likeness (QED) is 0.207. The van der Waals surface area contributed by atoms with Crippen molar-refractivity contribution in [2.24, 2.45) is 10.1 Å². The molecule has 0 bridgehead atoms. The monoisotopic (exact) mass is 385 g/mol. The second kappa shape index (κ2) is 8.31. The molecular weight excluding hydrogens is 373 g/mol. The first-order valence-corrected chi connectivity index (χ1v) is 8.30. The average molecular weight is 385 g/mol. The van der Waals surface area contributed by atoms with E-state index in [0.717, 1.165) is 12.1 Å². The molecule has 138 valence electrons. The molecule has 0 amide bonds. The summed E-state index contributed by atoms with van der Waals surface area (Å²) in [5, 5.41) is 29.8. The molecule has 1 heterocycles. The molecule has 26 heavy (non-hydrogen) atoms. The molecule has 14 heteroatoms. The Labute approximate surface area is 146 Å². The van der Waals surface area contributed by atoms with Crippen molar-refractivity contribution in [2.45, 2.75) is 0 Å². The number of nitrogens with one attached hydrogen (secondary N) is 2. The predicted octanol–water partition coefficient (Wildman–Crippen LogP) is -0.691. The van der Waals surface area contributed by atoms with Gasteiger partial charge in [-0.2, -0.15) is 18.4 Å². The number of amidine groups is 1. The molecule has 0 aliphatic rings. The molecule has 0 spiro atoms. The number of rotatable bonds is 7. The molecule has 0 saturated heterocycles. The molecule has 0 unspecified atom stereocenters. The lowest BCUT2D eigenvalue weighted by molar-refractivity contribution is 0.233. The smallest absolute Gasteiger partial charge is 0.287 e. The normalized spacial score (nSPS) is 11.8. The Bertz CT molecular complexity index is 953. The van der Waals surface area contributed by atoms with Crippen molar-refractivity contribution < 1.29 is 27.4 Å². The minimum Gasteiger partial charge on any atom is -0.472 e. The minimum absolute atomic E-state index is 0.129. The van der Waals surface area contributed by atoms with Crippen LogP contribution in [0.5, 0.6) is 5.88 Å². The van der Waals surface area contributed by atoms with Gasteiger partial charge in [0.25, 0.3) is 16.1 Å². The van der Waals surface area contributed by atoms with Crippen LogP contribution in [0.2, 0.25) is 0 Å². The summed E-state index contributed by atoms with van der Waals surface area (Å²) in [6.07, 6.45) is 0. The van der Waals surface area contributed by atoms with Gasteiger partial charge in [0.2, 0.25) is 5.69 Å². The van der Waals surface area contributed by atoms with E-state index in [1.807, 2.05) is 4.72 Å². The first kappa shape index (κ1) is 19.2. The first-order valence-electron chi connectivity index (χ1n) is 6.75. The number of halogens is 1. The Balaban J connectivity index is 2.18. The van der Waals surface area contributed by atoms with Gasteiger partial charge in [0, 0.05) is 6.54 Å². The zero-order chi connectivity index (χ0) is 19.2. The number of benzene rings is 1. The maximum Gasteiger partial charge on any atom is 0.287 e. The predicted molar refractivity (Wildman–Crippen MR) is 83.1 cm³/mol. The topological polar surface area (TPSA) is 189 Å². The fourth-order valence-corrected chi connectivity index (χ4v) is 2.05. The molecule has 0 aliphatic heterocycles. The van der Waals surface area contributed by atoms with Crippen LogP contribution >= 0.6 is 0 Å². The number of hydrogen-bond acceptors (Lipinski definition) is 9. The Morgan fingerprint density at radius 1 is 1.50 bits per heavy atom. The van der Waals surface area contributed by atoms with E-state index in [9.17, 15) is 18.0 Å². The SMILES string of the molecule is N#Cc1cc(N=C(NO)c2nonc2OCCNS(N)(=O)=O)ccc1F. The fourth-order valence-electron chi connectivity index (χ4n) is 1.68. The van der Waals surface area contributed by atoms with Crippen molar-refractivity contribution in [1.29, 1.82) is 5.26 Å². The van der Waals surface area contributed by atoms with Crippen LogP contribution in [-0.4, -0.2) is 42.9 Å². The van der Waals surface area contributed by atoms with Gasteiger partial charge >= 0.3 is 0 Å². The van der Waals surface area contributed by atoms with Crippen LogP contribution < -0.4 is 20.1 Å². The van der Waals surface area contributed by atoms with Crippen LogP contribution in [0.25, 0.3) is 0 Å². The van der Waals surface area contributed by atoms with E-state index in [1.54, 1.807) is 11.5 Å². The van der Waals surface area contributed by atoms with E-state index < -0.39 is 16.0 Å². The number of nitrogens with zero attached hydrogens (tertiary/aromatic N) is 4. The average Bonchev–Trinajstić information content (AvgIpc) is 3.05. The highest BCUT2D eigenvalue weighted by atomic mass is 32.2. The molecule has 12 nitrogen and oxygen atoms in total. The van der Waals surface area contributed by atoms with Gasteiger partial charge in [-0.1, -0.05) is 0 Å². The molecule has 0 aliphatic carbocycles. The summed E-state index contributed by atoms with van der Waals surface area (Å²) < 4.78 is 46.5. The lowest BCUT2D eigenvalue weighted by atomic mass is 10.2. The Morgan fingerprint density at radius 3 is 2.92 bits per heavy atom. The van der Waals surface area contributed by atoms with Crippen LogP contribution in [0.4, 0.5) is 10.1 Å². The molecule has 0 atom stereocenters.